The number of nitrogens with one attached hydrogen (secondary N) is 1. The molecule has 0 radical (unpaired) electrons. The lowest BCUT2D eigenvalue weighted by atomic mass is 10.0. The Bertz CT molecular complexity index is 1790. The maximum Gasteiger partial charge on any atom is 0.435 e. The number of benzene rings is 2. The second-order valence-corrected chi connectivity index (χ2v) is 10.4. The Hall–Kier alpha value is -4.71. The molecule has 9 nitrogen and oxygen atoms in total. The fraction of sp³-hybridized carbons (Fsp3) is 0.267. The Morgan fingerprint density at radius 2 is 1.67 bits per heavy atom. The van der Waals surface area contributed by atoms with Crippen molar-refractivity contribution >= 4 is 28.4 Å². The molecule has 42 heavy (non-hydrogen) atoms. The predicted octanol–water partition coefficient (Wildman–Crippen LogP) is 4.75. The minimum Gasteiger partial charge on any atom is -0.369 e. The van der Waals surface area contributed by atoms with Crippen LogP contribution in [0, 0.1) is 0 Å². The van der Waals surface area contributed by atoms with Crippen LogP contribution in [0.1, 0.15) is 11.3 Å². The van der Waals surface area contributed by atoms with Crippen LogP contribution in [0.5, 0.6) is 0 Å². The van der Waals surface area contributed by atoms with E-state index in [0.717, 1.165) is 43.6 Å². The first-order valence-corrected chi connectivity index (χ1v) is 13.5. The summed E-state index contributed by atoms with van der Waals surface area (Å²) in [7, 11) is 3.59. The number of hydrogen-bond acceptors (Lipinski definition) is 7. The van der Waals surface area contributed by atoms with Crippen molar-refractivity contribution in [3.8, 4) is 11.3 Å². The average molecular weight is 575 g/mol. The molecule has 0 unspecified atom stereocenters. The van der Waals surface area contributed by atoms with Gasteiger partial charge in [0.05, 0.1) is 12.2 Å². The van der Waals surface area contributed by atoms with E-state index < -0.39 is 11.9 Å². The average Bonchev–Trinajstić information content (AvgIpc) is 3.38. The molecule has 0 atom stereocenters. The first kappa shape index (κ1) is 27.5. The molecule has 1 N–H and O–H groups in total. The number of alkyl halides is 3. The molecule has 216 valence electrons. The van der Waals surface area contributed by atoms with Gasteiger partial charge in [-0.15, -0.1) is 0 Å². The highest BCUT2D eigenvalue weighted by atomic mass is 19.4. The van der Waals surface area contributed by atoms with Crippen LogP contribution < -0.4 is 15.8 Å². The topological polar surface area (TPSA) is 84.1 Å². The van der Waals surface area contributed by atoms with Crippen molar-refractivity contribution in [3.05, 3.63) is 94.5 Å². The number of aromatic nitrogens is 5. The quantitative estimate of drug-likeness (QED) is 0.313. The van der Waals surface area contributed by atoms with Gasteiger partial charge in [-0.3, -0.25) is 14.0 Å². The fourth-order valence-corrected chi connectivity index (χ4v) is 5.17. The van der Waals surface area contributed by atoms with Gasteiger partial charge in [-0.1, -0.05) is 24.3 Å². The molecule has 2 aromatic carbocycles. The molecule has 0 saturated carbocycles. The van der Waals surface area contributed by atoms with Crippen molar-refractivity contribution in [1.82, 2.24) is 29.2 Å². The molecule has 12 heteroatoms. The van der Waals surface area contributed by atoms with Crippen molar-refractivity contribution in [2.45, 2.75) is 12.7 Å². The van der Waals surface area contributed by atoms with Crippen molar-refractivity contribution in [1.29, 1.82) is 0 Å². The number of pyridine rings is 1. The van der Waals surface area contributed by atoms with Crippen LogP contribution in [0.15, 0.2) is 77.7 Å². The molecule has 0 bridgehead atoms. The summed E-state index contributed by atoms with van der Waals surface area (Å²) >= 11 is 0. The third-order valence-electron chi connectivity index (χ3n) is 7.51. The van der Waals surface area contributed by atoms with Crippen LogP contribution >= 0.6 is 0 Å². The molecule has 6 rings (SSSR count). The lowest BCUT2D eigenvalue weighted by Gasteiger charge is -2.34. The predicted molar refractivity (Wildman–Crippen MR) is 156 cm³/mol. The monoisotopic (exact) mass is 574 g/mol. The van der Waals surface area contributed by atoms with E-state index in [-0.39, 0.29) is 12.1 Å². The number of fused-ring (bicyclic) bond motifs is 1. The van der Waals surface area contributed by atoms with E-state index in [2.05, 4.69) is 49.4 Å². The lowest BCUT2D eigenvalue weighted by Crippen LogP contribution is -2.44. The van der Waals surface area contributed by atoms with Gasteiger partial charge in [-0.2, -0.15) is 23.3 Å². The lowest BCUT2D eigenvalue weighted by molar-refractivity contribution is -0.141. The zero-order valence-electron chi connectivity index (χ0n) is 23.1. The van der Waals surface area contributed by atoms with E-state index in [1.807, 2.05) is 12.1 Å². The third-order valence-corrected chi connectivity index (χ3v) is 7.51. The normalized spacial score (nSPS) is 14.5. The summed E-state index contributed by atoms with van der Waals surface area (Å²) in [5.74, 6) is 0.323. The molecular weight excluding hydrogens is 545 g/mol. The van der Waals surface area contributed by atoms with Crippen LogP contribution in [0.25, 0.3) is 22.3 Å². The van der Waals surface area contributed by atoms with Gasteiger partial charge in [0.1, 0.15) is 5.65 Å². The van der Waals surface area contributed by atoms with E-state index in [0.29, 0.717) is 33.8 Å². The number of nitrogens with zero attached hydrogens (tertiary/aromatic N) is 7. The van der Waals surface area contributed by atoms with Gasteiger partial charge < -0.3 is 15.1 Å². The summed E-state index contributed by atoms with van der Waals surface area (Å²) in [5, 5.41) is 7.53. The van der Waals surface area contributed by atoms with Gasteiger partial charge in [-0.05, 0) is 49.0 Å². The Balaban J connectivity index is 1.30. The molecule has 0 aliphatic carbocycles. The van der Waals surface area contributed by atoms with E-state index in [1.165, 1.54) is 22.4 Å². The van der Waals surface area contributed by atoms with Crippen LogP contribution in [-0.4, -0.2) is 62.4 Å². The molecule has 1 aliphatic heterocycles. The van der Waals surface area contributed by atoms with Crippen LogP contribution in [-0.2, 0) is 19.8 Å². The first-order valence-electron chi connectivity index (χ1n) is 13.5. The number of piperazine rings is 1. The molecule has 0 spiro atoms. The second kappa shape index (κ2) is 10.9. The highest BCUT2D eigenvalue weighted by Gasteiger charge is 2.35. The smallest absolute Gasteiger partial charge is 0.369 e. The first-order chi connectivity index (χ1) is 20.2. The summed E-state index contributed by atoms with van der Waals surface area (Å²) in [5.41, 5.74) is 2.58. The van der Waals surface area contributed by atoms with E-state index in [4.69, 9.17) is 0 Å². The van der Waals surface area contributed by atoms with Crippen molar-refractivity contribution in [2.24, 2.45) is 7.05 Å². The van der Waals surface area contributed by atoms with E-state index in [9.17, 15) is 18.0 Å². The van der Waals surface area contributed by atoms with Gasteiger partial charge in [-0.25, -0.2) is 4.98 Å². The van der Waals surface area contributed by atoms with Gasteiger partial charge in [0.25, 0.3) is 5.56 Å². The Morgan fingerprint density at radius 1 is 0.929 bits per heavy atom. The zero-order chi connectivity index (χ0) is 29.4. The van der Waals surface area contributed by atoms with Gasteiger partial charge in [0.2, 0.25) is 5.95 Å². The Morgan fingerprint density at radius 3 is 2.38 bits per heavy atom. The molecule has 5 aromatic rings. The number of halogens is 3. The highest BCUT2D eigenvalue weighted by Crippen LogP contribution is 2.33. The molecular formula is C30H29F3N8O. The van der Waals surface area contributed by atoms with Crippen LogP contribution in [0.2, 0.25) is 0 Å². The van der Waals surface area contributed by atoms with E-state index in [1.54, 1.807) is 36.5 Å². The SMILES string of the molecule is CN1CCN(c2ccc(Nc3ncc4ccc(=O)n(Cc5ccccc5-c5cc(C(F)(F)F)nn5C)c4n3)cc2)CC1. The van der Waals surface area contributed by atoms with E-state index >= 15 is 0 Å². The number of likely N-dealkylation sites (N-methyl/N-ethyl adjacent to an activating group) is 1. The number of anilines is 3. The highest BCUT2D eigenvalue weighted by molar-refractivity contribution is 5.76. The minimum atomic E-state index is -4.57. The number of hydrogen-bond donors (Lipinski definition) is 1. The maximum absolute atomic E-state index is 13.3. The Kier molecular flexibility index (Phi) is 7.15. The summed E-state index contributed by atoms with van der Waals surface area (Å²) < 4.78 is 42.7. The summed E-state index contributed by atoms with van der Waals surface area (Å²) in [6.45, 7) is 4.08. The van der Waals surface area contributed by atoms with Crippen LogP contribution in [0.4, 0.5) is 30.5 Å². The second-order valence-electron chi connectivity index (χ2n) is 10.4. The third kappa shape index (κ3) is 5.57. The van der Waals surface area contributed by atoms with Gasteiger partial charge in [0.15, 0.2) is 5.69 Å². The van der Waals surface area contributed by atoms with Crippen LogP contribution in [0.3, 0.4) is 0 Å². The molecule has 3 aromatic heterocycles. The van der Waals surface area contributed by atoms with Gasteiger partial charge >= 0.3 is 6.18 Å². The maximum atomic E-state index is 13.3. The summed E-state index contributed by atoms with van der Waals surface area (Å²) in [6.07, 6.45) is -2.93. The zero-order valence-corrected chi connectivity index (χ0v) is 23.1. The standard InChI is InChI=1S/C30H29F3N8O/c1-38-13-15-40(16-14-38)23-10-8-22(9-11-23)35-29-34-18-20-7-12-27(42)41(28(20)36-29)19-21-5-3-4-6-24(21)25-17-26(30(31,32)33)37-39(25)2/h3-12,17-18H,13-16,19H2,1-2H3,(H,34,35,36). The largest absolute Gasteiger partial charge is 0.435 e. The fourth-order valence-electron chi connectivity index (χ4n) is 5.17. The van der Waals surface area contributed by atoms with Crippen molar-refractivity contribution in [3.63, 3.8) is 0 Å². The molecule has 1 aliphatic rings. The Labute approximate surface area is 239 Å². The molecule has 1 fully saturated rings. The van der Waals surface area contributed by atoms with Crippen molar-refractivity contribution < 1.29 is 13.2 Å². The molecule has 0 amide bonds. The van der Waals surface area contributed by atoms with Crippen molar-refractivity contribution in [2.75, 3.05) is 43.4 Å². The molecule has 1 saturated heterocycles. The molecule has 4 heterocycles. The minimum absolute atomic E-state index is 0.0923. The number of rotatable bonds is 6. The summed E-state index contributed by atoms with van der Waals surface area (Å²) in [4.78, 5) is 26.8. The number of aryl methyl sites for hydroxylation is 1. The summed E-state index contributed by atoms with van der Waals surface area (Å²) in [6, 6.07) is 19.2. The van der Waals surface area contributed by atoms with Gasteiger partial charge in [0, 0.05) is 67.8 Å².